The molecule has 0 radical (unpaired) electrons. The summed E-state index contributed by atoms with van der Waals surface area (Å²) >= 11 is 5.45. The number of hydrogen-bond acceptors (Lipinski definition) is 2. The van der Waals surface area contributed by atoms with Crippen LogP contribution in [-0.2, 0) is 11.2 Å². The molecule has 1 aliphatic rings. The molecule has 2 rings (SSSR count). The zero-order valence-electron chi connectivity index (χ0n) is 11.6. The highest BCUT2D eigenvalue weighted by molar-refractivity contribution is 7.80. The predicted molar refractivity (Wildman–Crippen MR) is 82.3 cm³/mol. The van der Waals surface area contributed by atoms with Gasteiger partial charge in [0.25, 0.3) is 0 Å². The van der Waals surface area contributed by atoms with Crippen LogP contribution >= 0.6 is 12.2 Å². The Hall–Kier alpha value is -1.13. The molecule has 19 heavy (non-hydrogen) atoms. The number of nitrogens with zero attached hydrogens (tertiary/aromatic N) is 1. The van der Waals surface area contributed by atoms with Gasteiger partial charge in [-0.05, 0) is 38.0 Å². The smallest absolute Gasteiger partial charge is 0.169 e. The fourth-order valence-electron chi connectivity index (χ4n) is 2.41. The summed E-state index contributed by atoms with van der Waals surface area (Å²) in [5, 5.41) is 4.19. The molecule has 0 amide bonds. The average Bonchev–Trinajstić information content (AvgIpc) is 2.38. The molecule has 104 valence electrons. The summed E-state index contributed by atoms with van der Waals surface area (Å²) in [5.41, 5.74) is 1.33. The van der Waals surface area contributed by atoms with Crippen molar-refractivity contribution in [3.8, 4) is 0 Å². The molecule has 0 saturated carbocycles. The molecule has 4 heteroatoms. The first kappa shape index (κ1) is 14.3. The summed E-state index contributed by atoms with van der Waals surface area (Å²) in [6.45, 7) is 6.82. The first-order chi connectivity index (χ1) is 9.15. The van der Waals surface area contributed by atoms with Gasteiger partial charge in [0.05, 0.1) is 12.2 Å². The van der Waals surface area contributed by atoms with Crippen molar-refractivity contribution in [3.63, 3.8) is 0 Å². The number of hydrogen-bond donors (Lipinski definition) is 1. The molecule has 1 aromatic rings. The fraction of sp³-hybridized carbons (Fsp3) is 0.533. The Morgan fingerprint density at radius 1 is 1.26 bits per heavy atom. The minimum Gasteiger partial charge on any atom is -0.372 e. The summed E-state index contributed by atoms with van der Waals surface area (Å²) in [4.78, 5) is 2.21. The summed E-state index contributed by atoms with van der Waals surface area (Å²) in [7, 11) is 0. The molecular weight excluding hydrogens is 256 g/mol. The van der Waals surface area contributed by atoms with E-state index in [-0.39, 0.29) is 12.2 Å². The van der Waals surface area contributed by atoms with Gasteiger partial charge in [-0.3, -0.25) is 0 Å². The lowest BCUT2D eigenvalue weighted by Gasteiger charge is -2.36. The van der Waals surface area contributed by atoms with Crippen LogP contribution in [0.1, 0.15) is 19.4 Å². The molecule has 0 unspecified atom stereocenters. The van der Waals surface area contributed by atoms with Gasteiger partial charge in [0.15, 0.2) is 5.11 Å². The van der Waals surface area contributed by atoms with E-state index in [0.29, 0.717) is 0 Å². The van der Waals surface area contributed by atoms with Crippen molar-refractivity contribution in [3.05, 3.63) is 35.9 Å². The van der Waals surface area contributed by atoms with E-state index in [4.69, 9.17) is 17.0 Å². The lowest BCUT2D eigenvalue weighted by Crippen LogP contribution is -2.51. The molecule has 0 aliphatic carbocycles. The van der Waals surface area contributed by atoms with E-state index in [1.165, 1.54) is 5.56 Å². The zero-order valence-corrected chi connectivity index (χ0v) is 12.5. The Morgan fingerprint density at radius 2 is 1.89 bits per heavy atom. The molecule has 0 aromatic heterocycles. The Morgan fingerprint density at radius 3 is 2.53 bits per heavy atom. The van der Waals surface area contributed by atoms with Crippen LogP contribution in [-0.4, -0.2) is 41.9 Å². The summed E-state index contributed by atoms with van der Waals surface area (Å²) in [6, 6.07) is 10.5. The fourth-order valence-corrected chi connectivity index (χ4v) is 2.67. The van der Waals surface area contributed by atoms with E-state index in [9.17, 15) is 0 Å². The standard InChI is InChI=1S/C15H22N2OS/c1-12-10-17(11-13(2)18-12)15(19)16-9-8-14-6-4-3-5-7-14/h3-7,12-13H,8-11H2,1-2H3,(H,16,19)/t12-,13-/m0/s1. The van der Waals surface area contributed by atoms with Gasteiger partial charge < -0.3 is 15.0 Å². The van der Waals surface area contributed by atoms with Gasteiger partial charge in [0.2, 0.25) is 0 Å². The SMILES string of the molecule is C[C@H]1CN(C(=S)NCCc2ccccc2)C[C@H](C)O1. The van der Waals surface area contributed by atoms with Gasteiger partial charge >= 0.3 is 0 Å². The van der Waals surface area contributed by atoms with E-state index < -0.39 is 0 Å². The first-order valence-electron chi connectivity index (χ1n) is 6.87. The van der Waals surface area contributed by atoms with E-state index >= 15 is 0 Å². The van der Waals surface area contributed by atoms with Crippen LogP contribution in [0, 0.1) is 0 Å². The highest BCUT2D eigenvalue weighted by Gasteiger charge is 2.23. The maximum atomic E-state index is 5.71. The van der Waals surface area contributed by atoms with Crippen LogP contribution in [0.25, 0.3) is 0 Å². The van der Waals surface area contributed by atoms with E-state index in [1.807, 2.05) is 6.07 Å². The molecular formula is C15H22N2OS. The number of morpholine rings is 1. The van der Waals surface area contributed by atoms with Crippen LogP contribution in [0.3, 0.4) is 0 Å². The van der Waals surface area contributed by atoms with E-state index in [1.54, 1.807) is 0 Å². The van der Waals surface area contributed by atoms with Gasteiger partial charge in [0, 0.05) is 19.6 Å². The van der Waals surface area contributed by atoms with Gasteiger partial charge in [-0.25, -0.2) is 0 Å². The number of rotatable bonds is 3. The van der Waals surface area contributed by atoms with Gasteiger partial charge in [0.1, 0.15) is 0 Å². The number of thiocarbonyl (C=S) groups is 1. The summed E-state index contributed by atoms with van der Waals surface area (Å²) < 4.78 is 5.71. The maximum Gasteiger partial charge on any atom is 0.169 e. The summed E-state index contributed by atoms with van der Waals surface area (Å²) in [5.74, 6) is 0. The second kappa shape index (κ2) is 6.87. The quantitative estimate of drug-likeness (QED) is 0.857. The largest absolute Gasteiger partial charge is 0.372 e. The Balaban J connectivity index is 1.75. The lowest BCUT2D eigenvalue weighted by atomic mass is 10.1. The van der Waals surface area contributed by atoms with Crippen molar-refractivity contribution in [1.82, 2.24) is 10.2 Å². The lowest BCUT2D eigenvalue weighted by molar-refractivity contribution is -0.0481. The topological polar surface area (TPSA) is 24.5 Å². The summed E-state index contributed by atoms with van der Waals surface area (Å²) in [6.07, 6.45) is 1.49. The maximum absolute atomic E-state index is 5.71. The second-order valence-corrected chi connectivity index (χ2v) is 5.52. The van der Waals surface area contributed by atoms with E-state index in [2.05, 4.69) is 48.3 Å². The molecule has 0 spiro atoms. The van der Waals surface area contributed by atoms with Gasteiger partial charge in [-0.15, -0.1) is 0 Å². The predicted octanol–water partition coefficient (Wildman–Crippen LogP) is 2.21. The minimum absolute atomic E-state index is 0.248. The van der Waals surface area contributed by atoms with Crippen molar-refractivity contribution in [1.29, 1.82) is 0 Å². The Bertz CT molecular complexity index is 400. The van der Waals surface area contributed by atoms with Crippen LogP contribution in [0.15, 0.2) is 30.3 Å². The molecule has 2 atom stereocenters. The molecule has 1 N–H and O–H groups in total. The van der Waals surface area contributed by atoms with Crippen LogP contribution in [0.5, 0.6) is 0 Å². The zero-order chi connectivity index (χ0) is 13.7. The normalized spacial score (nSPS) is 23.2. The molecule has 1 aliphatic heterocycles. The molecule has 1 saturated heterocycles. The van der Waals surface area contributed by atoms with Crippen molar-refractivity contribution in [2.75, 3.05) is 19.6 Å². The van der Waals surface area contributed by atoms with Crippen molar-refractivity contribution in [2.45, 2.75) is 32.5 Å². The third-order valence-corrected chi connectivity index (χ3v) is 3.64. The van der Waals surface area contributed by atoms with Crippen LogP contribution in [0.4, 0.5) is 0 Å². The minimum atomic E-state index is 0.248. The third kappa shape index (κ3) is 4.48. The molecule has 1 fully saturated rings. The highest BCUT2D eigenvalue weighted by Crippen LogP contribution is 2.10. The highest BCUT2D eigenvalue weighted by atomic mass is 32.1. The van der Waals surface area contributed by atoms with Crippen LogP contribution < -0.4 is 5.32 Å². The van der Waals surface area contributed by atoms with Gasteiger partial charge in [-0.2, -0.15) is 0 Å². The van der Waals surface area contributed by atoms with Gasteiger partial charge in [-0.1, -0.05) is 30.3 Å². The van der Waals surface area contributed by atoms with Crippen molar-refractivity contribution in [2.24, 2.45) is 0 Å². The molecule has 0 bridgehead atoms. The number of nitrogens with one attached hydrogen (secondary N) is 1. The third-order valence-electron chi connectivity index (χ3n) is 3.24. The Kier molecular flexibility index (Phi) is 5.16. The van der Waals surface area contributed by atoms with Crippen LogP contribution in [0.2, 0.25) is 0 Å². The molecule has 1 heterocycles. The number of benzene rings is 1. The molecule has 3 nitrogen and oxygen atoms in total. The average molecular weight is 278 g/mol. The van der Waals surface area contributed by atoms with Crippen molar-refractivity contribution >= 4 is 17.3 Å². The first-order valence-corrected chi connectivity index (χ1v) is 7.28. The Labute approximate surface area is 120 Å². The monoisotopic (exact) mass is 278 g/mol. The number of ether oxygens (including phenoxy) is 1. The molecule has 1 aromatic carbocycles. The van der Waals surface area contributed by atoms with E-state index in [0.717, 1.165) is 31.2 Å². The van der Waals surface area contributed by atoms with Crippen molar-refractivity contribution < 1.29 is 4.74 Å². The second-order valence-electron chi connectivity index (χ2n) is 5.13.